The predicted octanol–water partition coefficient (Wildman–Crippen LogP) is 0.692. The smallest absolute Gasteiger partial charge is 0.0603 e. The molecule has 0 radical (unpaired) electrons. The molecule has 2 N–H and O–H groups in total. The number of aliphatic hydroxyl groups excluding tert-OH is 1. The average Bonchev–Trinajstić information content (AvgIpc) is 2.85. The molecule has 2 atom stereocenters. The van der Waals surface area contributed by atoms with Crippen LogP contribution in [0, 0.1) is 0 Å². The average molecular weight is 149 g/mol. The van der Waals surface area contributed by atoms with Crippen LogP contribution in [0.4, 0.5) is 0 Å². The highest BCUT2D eigenvalue weighted by Gasteiger charge is 2.36. The summed E-state index contributed by atoms with van der Waals surface area (Å²) in [7, 11) is 0. The maximum absolute atomic E-state index is 8.78. The normalized spacial score (nSPS) is 28.5. The Morgan fingerprint density at radius 1 is 1.27 bits per heavy atom. The highest BCUT2D eigenvalue weighted by Crippen LogP contribution is 2.28. The maximum atomic E-state index is 8.78. The molecule has 1 aliphatic heterocycles. The summed E-state index contributed by atoms with van der Waals surface area (Å²) in [6.07, 6.45) is 0. The number of benzene rings is 1. The second-order valence-electron chi connectivity index (χ2n) is 2.84. The van der Waals surface area contributed by atoms with E-state index in [1.54, 1.807) is 0 Å². The SMILES string of the molecule is OC[C@@H]1NC1c1ccccc1. The monoisotopic (exact) mass is 149 g/mol. The van der Waals surface area contributed by atoms with Gasteiger partial charge in [0.1, 0.15) is 0 Å². The summed E-state index contributed by atoms with van der Waals surface area (Å²) in [4.78, 5) is 0. The van der Waals surface area contributed by atoms with Crippen LogP contribution >= 0.6 is 0 Å². The van der Waals surface area contributed by atoms with E-state index < -0.39 is 0 Å². The van der Waals surface area contributed by atoms with Gasteiger partial charge in [-0.05, 0) is 5.56 Å². The number of aliphatic hydroxyl groups is 1. The van der Waals surface area contributed by atoms with Gasteiger partial charge >= 0.3 is 0 Å². The molecule has 1 aromatic rings. The molecule has 2 rings (SSSR count). The third-order valence-electron chi connectivity index (χ3n) is 2.04. The number of rotatable bonds is 2. The second-order valence-corrected chi connectivity index (χ2v) is 2.84. The first-order valence-electron chi connectivity index (χ1n) is 3.83. The van der Waals surface area contributed by atoms with Crippen molar-refractivity contribution in [2.45, 2.75) is 12.1 Å². The van der Waals surface area contributed by atoms with Crippen molar-refractivity contribution in [2.24, 2.45) is 0 Å². The molecule has 2 nitrogen and oxygen atoms in total. The molecule has 0 aromatic heterocycles. The van der Waals surface area contributed by atoms with Gasteiger partial charge in [-0.3, -0.25) is 0 Å². The molecule has 0 aliphatic carbocycles. The largest absolute Gasteiger partial charge is 0.395 e. The fourth-order valence-corrected chi connectivity index (χ4v) is 1.32. The van der Waals surface area contributed by atoms with Crippen molar-refractivity contribution in [1.82, 2.24) is 5.32 Å². The third kappa shape index (κ3) is 1.27. The maximum Gasteiger partial charge on any atom is 0.0603 e. The molecule has 0 bridgehead atoms. The van der Waals surface area contributed by atoms with Gasteiger partial charge in [0.05, 0.1) is 18.7 Å². The minimum Gasteiger partial charge on any atom is -0.395 e. The molecule has 0 amide bonds. The Balaban J connectivity index is 2.09. The van der Waals surface area contributed by atoms with Gasteiger partial charge < -0.3 is 10.4 Å². The van der Waals surface area contributed by atoms with Gasteiger partial charge in [0.2, 0.25) is 0 Å². The highest BCUT2D eigenvalue weighted by atomic mass is 16.3. The van der Waals surface area contributed by atoms with Gasteiger partial charge in [0, 0.05) is 0 Å². The van der Waals surface area contributed by atoms with E-state index in [0.717, 1.165) is 0 Å². The Kier molecular flexibility index (Phi) is 1.64. The molecular weight excluding hydrogens is 138 g/mol. The molecule has 58 valence electrons. The summed E-state index contributed by atoms with van der Waals surface area (Å²) >= 11 is 0. The van der Waals surface area contributed by atoms with Crippen LogP contribution in [0.3, 0.4) is 0 Å². The zero-order chi connectivity index (χ0) is 7.68. The van der Waals surface area contributed by atoms with Crippen LogP contribution in [0.5, 0.6) is 0 Å². The molecule has 0 saturated carbocycles. The van der Waals surface area contributed by atoms with Crippen LogP contribution in [0.2, 0.25) is 0 Å². The van der Waals surface area contributed by atoms with Crippen LogP contribution in [0.1, 0.15) is 11.6 Å². The first kappa shape index (κ1) is 6.83. The quantitative estimate of drug-likeness (QED) is 0.607. The van der Waals surface area contributed by atoms with Crippen molar-refractivity contribution in [3.63, 3.8) is 0 Å². The van der Waals surface area contributed by atoms with E-state index in [1.165, 1.54) is 5.56 Å². The minimum absolute atomic E-state index is 0.236. The lowest BCUT2D eigenvalue weighted by Crippen LogP contribution is -1.95. The standard InChI is InChI=1S/C9H11NO/c11-6-8-9(10-8)7-4-2-1-3-5-7/h1-5,8-11H,6H2/t8-,9?/m0/s1. The fraction of sp³-hybridized carbons (Fsp3) is 0.333. The van der Waals surface area contributed by atoms with E-state index in [2.05, 4.69) is 17.4 Å². The molecular formula is C9H11NO. The van der Waals surface area contributed by atoms with Gasteiger partial charge in [-0.15, -0.1) is 0 Å². The predicted molar refractivity (Wildman–Crippen MR) is 43.2 cm³/mol. The Morgan fingerprint density at radius 2 is 2.00 bits per heavy atom. The van der Waals surface area contributed by atoms with Gasteiger partial charge in [-0.1, -0.05) is 30.3 Å². The van der Waals surface area contributed by atoms with Crippen LogP contribution in [-0.2, 0) is 0 Å². The van der Waals surface area contributed by atoms with E-state index in [-0.39, 0.29) is 12.6 Å². The lowest BCUT2D eigenvalue weighted by atomic mass is 10.1. The van der Waals surface area contributed by atoms with Crippen molar-refractivity contribution in [3.8, 4) is 0 Å². The summed E-state index contributed by atoms with van der Waals surface area (Å²) in [6.45, 7) is 0.236. The molecule has 11 heavy (non-hydrogen) atoms. The van der Waals surface area contributed by atoms with E-state index >= 15 is 0 Å². The molecule has 1 saturated heterocycles. The topological polar surface area (TPSA) is 42.2 Å². The first-order chi connectivity index (χ1) is 5.42. The number of nitrogens with one attached hydrogen (secondary N) is 1. The summed E-state index contributed by atoms with van der Waals surface area (Å²) in [5, 5.41) is 12.0. The van der Waals surface area contributed by atoms with Crippen molar-refractivity contribution in [1.29, 1.82) is 0 Å². The van der Waals surface area contributed by atoms with Gasteiger partial charge in [0.25, 0.3) is 0 Å². The number of hydrogen-bond donors (Lipinski definition) is 2. The zero-order valence-electron chi connectivity index (χ0n) is 6.20. The molecule has 2 heteroatoms. The molecule has 1 aromatic carbocycles. The molecule has 1 aliphatic rings. The lowest BCUT2D eigenvalue weighted by molar-refractivity contribution is 0.294. The van der Waals surface area contributed by atoms with Crippen LogP contribution in [0.25, 0.3) is 0 Å². The van der Waals surface area contributed by atoms with E-state index in [4.69, 9.17) is 5.11 Å². The Labute approximate surface area is 65.9 Å². The van der Waals surface area contributed by atoms with Crippen molar-refractivity contribution >= 4 is 0 Å². The van der Waals surface area contributed by atoms with E-state index in [0.29, 0.717) is 6.04 Å². The zero-order valence-corrected chi connectivity index (χ0v) is 6.20. The summed E-state index contributed by atoms with van der Waals surface area (Å²) in [5.41, 5.74) is 1.27. The second kappa shape index (κ2) is 2.64. The van der Waals surface area contributed by atoms with E-state index in [9.17, 15) is 0 Å². The third-order valence-corrected chi connectivity index (χ3v) is 2.04. The summed E-state index contributed by atoms with van der Waals surface area (Å²) in [6, 6.07) is 10.9. The molecule has 1 heterocycles. The summed E-state index contributed by atoms with van der Waals surface area (Å²) in [5.74, 6) is 0. The molecule has 1 fully saturated rings. The van der Waals surface area contributed by atoms with Crippen molar-refractivity contribution in [3.05, 3.63) is 35.9 Å². The van der Waals surface area contributed by atoms with Crippen LogP contribution in [0.15, 0.2) is 30.3 Å². The summed E-state index contributed by atoms with van der Waals surface area (Å²) < 4.78 is 0. The molecule has 0 spiro atoms. The van der Waals surface area contributed by atoms with Gasteiger partial charge in [-0.2, -0.15) is 0 Å². The Morgan fingerprint density at radius 3 is 2.55 bits per heavy atom. The van der Waals surface area contributed by atoms with Crippen LogP contribution < -0.4 is 5.32 Å². The van der Waals surface area contributed by atoms with Crippen LogP contribution in [-0.4, -0.2) is 17.8 Å². The fourth-order valence-electron chi connectivity index (χ4n) is 1.32. The van der Waals surface area contributed by atoms with E-state index in [1.807, 2.05) is 18.2 Å². The Bertz CT molecular complexity index is 235. The van der Waals surface area contributed by atoms with Crippen molar-refractivity contribution in [2.75, 3.05) is 6.61 Å². The number of hydrogen-bond acceptors (Lipinski definition) is 2. The first-order valence-corrected chi connectivity index (χ1v) is 3.83. The molecule has 1 unspecified atom stereocenters. The highest BCUT2D eigenvalue weighted by molar-refractivity contribution is 5.25. The van der Waals surface area contributed by atoms with Crippen molar-refractivity contribution < 1.29 is 5.11 Å². The lowest BCUT2D eigenvalue weighted by Gasteiger charge is -1.93. The van der Waals surface area contributed by atoms with Gasteiger partial charge in [0.15, 0.2) is 0 Å². The Hall–Kier alpha value is -0.860. The van der Waals surface area contributed by atoms with Gasteiger partial charge in [-0.25, -0.2) is 0 Å². The minimum atomic E-state index is 0.236.